The van der Waals surface area contributed by atoms with Gasteiger partial charge in [-0.25, -0.2) is 0 Å². The zero-order chi connectivity index (χ0) is 30.7. The summed E-state index contributed by atoms with van der Waals surface area (Å²) in [5.41, 5.74) is -3.26. The molecule has 2 heterocycles. The van der Waals surface area contributed by atoms with Crippen LogP contribution in [0.1, 0.15) is 74.7 Å². The Morgan fingerprint density at radius 2 is 1.68 bits per heavy atom. The quantitative estimate of drug-likeness (QED) is 0.261. The zero-order valence-corrected chi connectivity index (χ0v) is 26.1. The highest BCUT2D eigenvalue weighted by Crippen LogP contribution is 2.35. The van der Waals surface area contributed by atoms with Crippen LogP contribution in [0.15, 0.2) is 0 Å². The van der Waals surface area contributed by atoms with Crippen molar-refractivity contribution in [2.24, 2.45) is 17.8 Å². The normalized spacial score (nSPS) is 49.1. The highest BCUT2D eigenvalue weighted by atomic mass is 16.7. The second-order valence-electron chi connectivity index (χ2n) is 12.9. The maximum Gasteiger partial charge on any atom is 0.311 e. The zero-order valence-electron chi connectivity index (χ0n) is 26.1. The number of carbonyl (C=O) groups is 1. The van der Waals surface area contributed by atoms with Gasteiger partial charge in [0.15, 0.2) is 6.29 Å². The summed E-state index contributed by atoms with van der Waals surface area (Å²) in [6.45, 7) is 14.1. The Kier molecular flexibility index (Phi) is 12.4. The summed E-state index contributed by atoms with van der Waals surface area (Å²) in [6, 6.07) is -0.791. The Morgan fingerprint density at radius 1 is 1.07 bits per heavy atom. The molecule has 0 amide bonds. The van der Waals surface area contributed by atoms with Crippen LogP contribution < -0.4 is 5.32 Å². The lowest BCUT2D eigenvalue weighted by atomic mass is 9.78. The molecule has 14 atom stereocenters. The minimum atomic E-state index is -1.74. The molecule has 0 aromatic heterocycles. The number of nitrogens with one attached hydrogen (secondary N) is 1. The molecule has 0 aromatic rings. The van der Waals surface area contributed by atoms with Gasteiger partial charge in [-0.15, -0.1) is 0 Å². The highest BCUT2D eigenvalue weighted by Gasteiger charge is 2.48. The van der Waals surface area contributed by atoms with Crippen LogP contribution in [-0.2, 0) is 19.0 Å². The van der Waals surface area contributed by atoms with Crippen molar-refractivity contribution in [1.82, 2.24) is 10.2 Å². The number of aliphatic hydroxyl groups is 5. The smallest absolute Gasteiger partial charge is 0.311 e. The highest BCUT2D eigenvalue weighted by molar-refractivity contribution is 5.73. The maximum atomic E-state index is 13.6. The largest absolute Gasteiger partial charge is 0.459 e. The lowest BCUT2D eigenvalue weighted by molar-refractivity contribution is -0.263. The minimum absolute atomic E-state index is 0.0800. The fourth-order valence-corrected chi connectivity index (χ4v) is 6.51. The Hall–Kier alpha value is -0.890. The average Bonchev–Trinajstić information content (AvgIpc) is 2.88. The van der Waals surface area contributed by atoms with Crippen LogP contribution in [0.25, 0.3) is 0 Å². The first-order valence-corrected chi connectivity index (χ1v) is 14.8. The van der Waals surface area contributed by atoms with Gasteiger partial charge in [-0.05, 0) is 67.5 Å². The second kappa shape index (κ2) is 14.1. The van der Waals surface area contributed by atoms with Crippen LogP contribution in [0.2, 0.25) is 0 Å². The molecular weight excluding hydrogens is 520 g/mol. The first-order valence-electron chi connectivity index (χ1n) is 14.8. The van der Waals surface area contributed by atoms with E-state index in [0.29, 0.717) is 13.0 Å². The molecule has 236 valence electrons. The summed E-state index contributed by atoms with van der Waals surface area (Å²) >= 11 is 0. The van der Waals surface area contributed by atoms with E-state index in [9.17, 15) is 30.3 Å². The molecule has 2 aliphatic rings. The van der Waals surface area contributed by atoms with Gasteiger partial charge >= 0.3 is 5.97 Å². The fourth-order valence-electron chi connectivity index (χ4n) is 6.51. The Bertz CT molecular complexity index is 812. The van der Waals surface area contributed by atoms with Crippen LogP contribution in [-0.4, -0.2) is 123 Å². The molecule has 0 saturated carbocycles. The first kappa shape index (κ1) is 35.3. The predicted octanol–water partition coefficient (Wildman–Crippen LogP) is 0.633. The summed E-state index contributed by atoms with van der Waals surface area (Å²) in [5, 5.41) is 59.0. The van der Waals surface area contributed by atoms with Crippen LogP contribution in [0, 0.1) is 17.8 Å². The molecule has 0 bridgehead atoms. The van der Waals surface area contributed by atoms with Crippen molar-refractivity contribution in [2.45, 2.75) is 141 Å². The SMILES string of the molecule is CC[C@H]1OC(=O)[C@H](C)[C@@H](O[C@H]2CC(NC)[C@H](O)C(C)O2)[C@H](C)[C@@H](O)[C@](C)(O)C[C@@H](C)CN(C)[C@H](C)[C@@H](O)[C@]1(C)O. The third-order valence-electron chi connectivity index (χ3n) is 9.30. The lowest BCUT2D eigenvalue weighted by Crippen LogP contribution is -2.59. The topological polar surface area (TPSA) is 161 Å². The molecule has 0 aliphatic carbocycles. The third-order valence-corrected chi connectivity index (χ3v) is 9.30. The molecule has 6 N–H and O–H groups in total. The summed E-state index contributed by atoms with van der Waals surface area (Å²) in [4.78, 5) is 15.5. The van der Waals surface area contributed by atoms with Gasteiger partial charge in [-0.2, -0.15) is 0 Å². The van der Waals surface area contributed by atoms with Crippen LogP contribution >= 0.6 is 0 Å². The van der Waals surface area contributed by atoms with Gasteiger partial charge in [0.25, 0.3) is 0 Å². The van der Waals surface area contributed by atoms with E-state index in [2.05, 4.69) is 5.32 Å². The first-order chi connectivity index (χ1) is 18.4. The molecule has 11 nitrogen and oxygen atoms in total. The van der Waals surface area contributed by atoms with Crippen LogP contribution in [0.4, 0.5) is 0 Å². The van der Waals surface area contributed by atoms with E-state index in [1.165, 1.54) is 6.92 Å². The summed E-state index contributed by atoms with van der Waals surface area (Å²) < 4.78 is 18.1. The van der Waals surface area contributed by atoms with E-state index < -0.39 is 78.0 Å². The standard InChI is InChI=1S/C29H56N2O9/c1-11-21-29(8,37)26(34)18(5)31(10)14-15(2)13-28(7,36)25(33)16(3)24(17(4)27(35)39-21)40-22-12-20(30-9)23(32)19(6)38-22/h15-26,30,32-34,36-37H,11-14H2,1-10H3/t15-,16+,17-,18-,19?,20?,21-,22+,23-,24+,25-,26-,28-,29-/m1/s1. The maximum absolute atomic E-state index is 13.6. The van der Waals surface area contributed by atoms with Crippen molar-refractivity contribution in [3.63, 3.8) is 0 Å². The summed E-state index contributed by atoms with van der Waals surface area (Å²) in [7, 11) is 3.56. The van der Waals surface area contributed by atoms with E-state index in [-0.39, 0.29) is 24.8 Å². The van der Waals surface area contributed by atoms with Gasteiger partial charge in [-0.3, -0.25) is 4.79 Å². The number of nitrogens with zero attached hydrogens (tertiary/aromatic N) is 1. The van der Waals surface area contributed by atoms with Gasteiger partial charge in [-0.1, -0.05) is 20.8 Å². The molecule has 2 aliphatic heterocycles. The number of rotatable bonds is 4. The van der Waals surface area contributed by atoms with Crippen LogP contribution in [0.3, 0.4) is 0 Å². The van der Waals surface area contributed by atoms with Crippen molar-refractivity contribution in [3.05, 3.63) is 0 Å². The lowest BCUT2D eigenvalue weighted by Gasteiger charge is -2.43. The van der Waals surface area contributed by atoms with E-state index in [0.717, 1.165) is 0 Å². The molecule has 2 saturated heterocycles. The monoisotopic (exact) mass is 576 g/mol. The summed E-state index contributed by atoms with van der Waals surface area (Å²) in [5.74, 6) is -2.40. The number of esters is 1. The van der Waals surface area contributed by atoms with Crippen LogP contribution in [0.5, 0.6) is 0 Å². The number of likely N-dealkylation sites (N-methyl/N-ethyl adjacent to an activating group) is 2. The van der Waals surface area contributed by atoms with Crippen molar-refractivity contribution < 1.29 is 44.5 Å². The molecule has 2 unspecified atom stereocenters. The molecule has 2 fully saturated rings. The van der Waals surface area contributed by atoms with Crippen molar-refractivity contribution in [2.75, 3.05) is 20.6 Å². The molecule has 2 rings (SSSR count). The molecule has 40 heavy (non-hydrogen) atoms. The number of ether oxygens (including phenoxy) is 3. The fraction of sp³-hybridized carbons (Fsp3) is 0.966. The molecule has 0 radical (unpaired) electrons. The molecule has 11 heteroatoms. The van der Waals surface area contributed by atoms with E-state index in [1.807, 2.05) is 18.9 Å². The molecule has 0 spiro atoms. The van der Waals surface area contributed by atoms with Crippen molar-refractivity contribution >= 4 is 5.97 Å². The predicted molar refractivity (Wildman–Crippen MR) is 150 cm³/mol. The van der Waals surface area contributed by atoms with Gasteiger partial charge in [0, 0.05) is 31.0 Å². The average molecular weight is 577 g/mol. The number of aliphatic hydroxyl groups excluding tert-OH is 3. The number of cyclic esters (lactones) is 1. The second-order valence-corrected chi connectivity index (χ2v) is 12.9. The molecular formula is C29H56N2O9. The van der Waals surface area contributed by atoms with Gasteiger partial charge in [0.2, 0.25) is 0 Å². The number of hydrogen-bond donors (Lipinski definition) is 6. The van der Waals surface area contributed by atoms with E-state index in [1.54, 1.807) is 48.6 Å². The van der Waals surface area contributed by atoms with Crippen molar-refractivity contribution in [3.8, 4) is 0 Å². The van der Waals surface area contributed by atoms with Gasteiger partial charge in [0.1, 0.15) is 17.8 Å². The van der Waals surface area contributed by atoms with E-state index in [4.69, 9.17) is 14.2 Å². The number of carbonyl (C=O) groups excluding carboxylic acids is 1. The number of hydrogen-bond acceptors (Lipinski definition) is 11. The van der Waals surface area contributed by atoms with Gasteiger partial charge < -0.3 is 50.0 Å². The minimum Gasteiger partial charge on any atom is -0.459 e. The summed E-state index contributed by atoms with van der Waals surface area (Å²) in [6.07, 6.45) is -5.70. The Morgan fingerprint density at radius 3 is 2.23 bits per heavy atom. The van der Waals surface area contributed by atoms with Crippen molar-refractivity contribution in [1.29, 1.82) is 0 Å². The Labute approximate surface area is 240 Å². The third kappa shape index (κ3) is 7.93. The van der Waals surface area contributed by atoms with E-state index >= 15 is 0 Å². The van der Waals surface area contributed by atoms with Gasteiger partial charge in [0.05, 0.1) is 35.9 Å². The Balaban J connectivity index is 2.50. The molecule has 0 aromatic carbocycles.